The zero-order chi connectivity index (χ0) is 22.4. The third kappa shape index (κ3) is 5.43. The molecule has 0 aliphatic rings. The lowest BCUT2D eigenvalue weighted by atomic mass is 10.1. The lowest BCUT2D eigenvalue weighted by molar-refractivity contribution is -0.119. The Morgan fingerprint density at radius 2 is 1.87 bits per heavy atom. The zero-order valence-corrected chi connectivity index (χ0v) is 18.2. The van der Waals surface area contributed by atoms with Crippen molar-refractivity contribution in [3.05, 3.63) is 62.2 Å². The van der Waals surface area contributed by atoms with Gasteiger partial charge in [0.1, 0.15) is 0 Å². The van der Waals surface area contributed by atoms with Crippen molar-refractivity contribution in [1.29, 1.82) is 0 Å². The quantitative estimate of drug-likeness (QED) is 0.404. The molecule has 31 heavy (non-hydrogen) atoms. The van der Waals surface area contributed by atoms with Gasteiger partial charge in [-0.2, -0.15) is 5.10 Å². The maximum absolute atomic E-state index is 12.7. The Labute approximate surface area is 182 Å². The van der Waals surface area contributed by atoms with Crippen LogP contribution in [-0.2, 0) is 22.6 Å². The number of nitrogens with one attached hydrogen (secondary N) is 1. The number of aromatic nitrogens is 2. The molecule has 8 nitrogen and oxygen atoms in total. The Balaban J connectivity index is 1.76. The lowest BCUT2D eigenvalue weighted by Crippen LogP contribution is -2.27. The van der Waals surface area contributed by atoms with Gasteiger partial charge in [0.15, 0.2) is 12.3 Å². The Kier molecular flexibility index (Phi) is 7.30. The SMILES string of the molecule is CCCCn1nc(C(=O)OCC(=O)c2ccc(CNC(C)=O)s2)c2ccccc2c1=O. The van der Waals surface area contributed by atoms with Crippen LogP contribution in [0.1, 0.15) is 51.7 Å². The van der Waals surface area contributed by atoms with Gasteiger partial charge in [-0.15, -0.1) is 11.3 Å². The number of rotatable bonds is 9. The minimum absolute atomic E-state index is 0.0108. The third-order valence-corrected chi connectivity index (χ3v) is 5.69. The van der Waals surface area contributed by atoms with Crippen LogP contribution in [0.15, 0.2) is 41.2 Å². The minimum atomic E-state index is -0.759. The largest absolute Gasteiger partial charge is 0.452 e. The molecule has 1 aromatic carbocycles. The van der Waals surface area contributed by atoms with E-state index in [9.17, 15) is 19.2 Å². The summed E-state index contributed by atoms with van der Waals surface area (Å²) in [6, 6.07) is 10.1. The number of aryl methyl sites for hydroxylation is 1. The van der Waals surface area contributed by atoms with E-state index in [2.05, 4.69) is 10.4 Å². The first kappa shape index (κ1) is 22.4. The summed E-state index contributed by atoms with van der Waals surface area (Å²) < 4.78 is 6.51. The molecule has 1 N–H and O–H groups in total. The number of carbonyl (C=O) groups is 3. The second-order valence-electron chi connectivity index (χ2n) is 6.95. The Morgan fingerprint density at radius 1 is 1.13 bits per heavy atom. The van der Waals surface area contributed by atoms with E-state index in [4.69, 9.17) is 4.74 Å². The fourth-order valence-electron chi connectivity index (χ4n) is 2.95. The molecular formula is C22H23N3O5S. The van der Waals surface area contributed by atoms with Crippen molar-refractivity contribution in [3.63, 3.8) is 0 Å². The third-order valence-electron chi connectivity index (χ3n) is 4.57. The first-order valence-corrected chi connectivity index (χ1v) is 10.8. The maximum atomic E-state index is 12.7. The van der Waals surface area contributed by atoms with E-state index >= 15 is 0 Å². The van der Waals surface area contributed by atoms with Crippen molar-refractivity contribution in [1.82, 2.24) is 15.1 Å². The summed E-state index contributed by atoms with van der Waals surface area (Å²) in [5.41, 5.74) is -0.251. The highest BCUT2D eigenvalue weighted by atomic mass is 32.1. The maximum Gasteiger partial charge on any atom is 0.359 e. The normalized spacial score (nSPS) is 10.8. The van der Waals surface area contributed by atoms with Crippen LogP contribution in [0.3, 0.4) is 0 Å². The van der Waals surface area contributed by atoms with Gasteiger partial charge in [-0.3, -0.25) is 14.4 Å². The van der Waals surface area contributed by atoms with Gasteiger partial charge in [0.05, 0.1) is 16.8 Å². The standard InChI is InChI=1S/C22H23N3O5S/c1-3-4-11-25-21(28)17-8-6-5-7-16(17)20(24-25)22(29)30-13-18(27)19-10-9-15(31-19)12-23-14(2)26/h5-10H,3-4,11-13H2,1-2H3,(H,23,26). The summed E-state index contributed by atoms with van der Waals surface area (Å²) >= 11 is 1.23. The lowest BCUT2D eigenvalue weighted by Gasteiger charge is -2.10. The van der Waals surface area contributed by atoms with Gasteiger partial charge in [0.25, 0.3) is 5.56 Å². The van der Waals surface area contributed by atoms with Gasteiger partial charge in [0.2, 0.25) is 11.7 Å². The number of fused-ring (bicyclic) bond motifs is 1. The number of carbonyl (C=O) groups excluding carboxylic acids is 3. The van der Waals surface area contributed by atoms with E-state index in [1.54, 1.807) is 36.4 Å². The molecule has 3 aromatic rings. The topological polar surface area (TPSA) is 107 Å². The summed E-state index contributed by atoms with van der Waals surface area (Å²) in [7, 11) is 0. The van der Waals surface area contributed by atoms with E-state index in [0.29, 0.717) is 28.7 Å². The fraction of sp³-hybridized carbons (Fsp3) is 0.318. The van der Waals surface area contributed by atoms with Crippen molar-refractivity contribution in [3.8, 4) is 0 Å². The highest BCUT2D eigenvalue weighted by molar-refractivity contribution is 7.14. The van der Waals surface area contributed by atoms with Crippen molar-refractivity contribution in [2.24, 2.45) is 0 Å². The Morgan fingerprint density at radius 3 is 2.58 bits per heavy atom. The van der Waals surface area contributed by atoms with Crippen molar-refractivity contribution in [2.75, 3.05) is 6.61 Å². The van der Waals surface area contributed by atoms with Gasteiger partial charge in [-0.1, -0.05) is 31.5 Å². The molecule has 0 bridgehead atoms. The van der Waals surface area contributed by atoms with Crippen molar-refractivity contribution in [2.45, 2.75) is 39.8 Å². The number of ketones is 1. The number of benzene rings is 1. The summed E-state index contributed by atoms with van der Waals surface area (Å²) in [6.07, 6.45) is 1.62. The molecule has 0 saturated carbocycles. The van der Waals surface area contributed by atoms with Crippen LogP contribution in [0.4, 0.5) is 0 Å². The highest BCUT2D eigenvalue weighted by Gasteiger charge is 2.20. The average Bonchev–Trinajstić information content (AvgIpc) is 3.25. The van der Waals surface area contributed by atoms with E-state index < -0.39 is 12.6 Å². The highest BCUT2D eigenvalue weighted by Crippen LogP contribution is 2.18. The molecule has 0 radical (unpaired) electrons. The first-order valence-electron chi connectivity index (χ1n) is 9.94. The van der Waals surface area contributed by atoms with Crippen LogP contribution >= 0.6 is 11.3 Å². The second kappa shape index (κ2) is 10.1. The van der Waals surface area contributed by atoms with Gasteiger partial charge in [-0.05, 0) is 24.6 Å². The van der Waals surface area contributed by atoms with Crippen LogP contribution in [0.25, 0.3) is 10.8 Å². The van der Waals surface area contributed by atoms with E-state index in [1.807, 2.05) is 6.92 Å². The summed E-state index contributed by atoms with van der Waals surface area (Å²) in [5.74, 6) is -1.27. The average molecular weight is 442 g/mol. The van der Waals surface area contributed by atoms with Crippen LogP contribution in [0.5, 0.6) is 0 Å². The molecule has 0 atom stereocenters. The molecule has 9 heteroatoms. The summed E-state index contributed by atoms with van der Waals surface area (Å²) in [5, 5.41) is 7.66. The molecule has 0 unspecified atom stereocenters. The summed E-state index contributed by atoms with van der Waals surface area (Å²) in [6.45, 7) is 3.71. The fourth-order valence-corrected chi connectivity index (χ4v) is 3.82. The Bertz CT molecular complexity index is 1180. The molecule has 2 aromatic heterocycles. The van der Waals surface area contributed by atoms with E-state index in [-0.39, 0.29) is 22.9 Å². The number of amides is 1. The van der Waals surface area contributed by atoms with Crippen molar-refractivity contribution < 1.29 is 19.1 Å². The molecule has 1 amide bonds. The van der Waals surface area contributed by atoms with E-state index in [0.717, 1.165) is 17.7 Å². The molecule has 2 heterocycles. The number of hydrogen-bond donors (Lipinski definition) is 1. The molecule has 3 rings (SSSR count). The number of thiophene rings is 1. The molecule has 0 saturated heterocycles. The minimum Gasteiger partial charge on any atom is -0.452 e. The van der Waals surface area contributed by atoms with Crippen LogP contribution in [0, 0.1) is 0 Å². The van der Waals surface area contributed by atoms with Crippen LogP contribution in [0.2, 0.25) is 0 Å². The number of ether oxygens (including phenoxy) is 1. The molecule has 0 aliphatic heterocycles. The van der Waals surface area contributed by atoms with Gasteiger partial charge in [0, 0.05) is 23.7 Å². The first-order chi connectivity index (χ1) is 14.9. The number of unbranched alkanes of at least 4 members (excludes halogenated alkanes) is 1. The molecule has 162 valence electrons. The van der Waals surface area contributed by atoms with Crippen molar-refractivity contribution >= 4 is 39.8 Å². The van der Waals surface area contributed by atoms with Crippen LogP contribution in [-0.4, -0.2) is 34.0 Å². The number of nitrogens with zero attached hydrogens (tertiary/aromatic N) is 2. The Hall–Kier alpha value is -3.33. The zero-order valence-electron chi connectivity index (χ0n) is 17.3. The van der Waals surface area contributed by atoms with Gasteiger partial charge in [-0.25, -0.2) is 9.48 Å². The smallest absolute Gasteiger partial charge is 0.359 e. The molecule has 0 fully saturated rings. The van der Waals surface area contributed by atoms with Gasteiger partial charge >= 0.3 is 5.97 Å². The monoisotopic (exact) mass is 441 g/mol. The second-order valence-corrected chi connectivity index (χ2v) is 8.12. The predicted molar refractivity (Wildman–Crippen MR) is 117 cm³/mol. The van der Waals surface area contributed by atoms with E-state index in [1.165, 1.54) is 22.9 Å². The number of esters is 1. The van der Waals surface area contributed by atoms with Gasteiger partial charge < -0.3 is 10.1 Å². The molecule has 0 spiro atoms. The number of hydrogen-bond acceptors (Lipinski definition) is 7. The molecular weight excluding hydrogens is 418 g/mol. The molecule has 0 aliphatic carbocycles. The summed E-state index contributed by atoms with van der Waals surface area (Å²) in [4.78, 5) is 50.0. The predicted octanol–water partition coefficient (Wildman–Crippen LogP) is 2.93. The number of Topliss-reactive ketones (excluding diaryl/α,β-unsaturated/α-hetero) is 1. The van der Waals surface area contributed by atoms with Crippen LogP contribution < -0.4 is 10.9 Å².